The average Bonchev–Trinajstić information content (AvgIpc) is 1.99. The molecule has 0 spiro atoms. The van der Waals surface area contributed by atoms with Crippen LogP contribution in [0, 0.1) is 5.92 Å². The molecular formula is C9H18F2N2. The molecule has 1 rings (SSSR count). The molecule has 0 aromatic heterocycles. The Morgan fingerprint density at radius 2 is 2.15 bits per heavy atom. The molecule has 2 nitrogen and oxygen atoms in total. The molecule has 1 fully saturated rings. The summed E-state index contributed by atoms with van der Waals surface area (Å²) in [4.78, 5) is 2.19. The molecule has 0 aromatic carbocycles. The highest BCUT2D eigenvalue weighted by Gasteiger charge is 2.22. The molecule has 2 atom stereocenters. The number of hydrogen-bond acceptors (Lipinski definition) is 2. The number of likely N-dealkylation sites (tertiary alicyclic amines) is 1. The number of hydrogen-bond donors (Lipinski definition) is 1. The Kier molecular flexibility index (Phi) is 4.06. The first-order valence-corrected chi connectivity index (χ1v) is 4.78. The zero-order chi connectivity index (χ0) is 9.84. The summed E-state index contributed by atoms with van der Waals surface area (Å²) in [5, 5.41) is 2.89. The summed E-state index contributed by atoms with van der Waals surface area (Å²) in [6.07, 6.45) is -1.22. The minimum Gasteiger partial charge on any atom is -0.307 e. The zero-order valence-electron chi connectivity index (χ0n) is 8.26. The molecule has 13 heavy (non-hydrogen) atoms. The quantitative estimate of drug-likeness (QED) is 0.722. The molecular weight excluding hydrogens is 174 g/mol. The van der Waals surface area contributed by atoms with Crippen molar-refractivity contribution in [2.45, 2.75) is 25.8 Å². The van der Waals surface area contributed by atoms with Crippen molar-refractivity contribution in [1.29, 1.82) is 0 Å². The van der Waals surface area contributed by atoms with E-state index in [1.165, 1.54) is 0 Å². The van der Waals surface area contributed by atoms with E-state index in [2.05, 4.69) is 17.1 Å². The van der Waals surface area contributed by atoms with Crippen molar-refractivity contribution >= 4 is 0 Å². The van der Waals surface area contributed by atoms with Crippen molar-refractivity contribution in [3.8, 4) is 0 Å². The predicted octanol–water partition coefficient (Wildman–Crippen LogP) is 1.18. The summed E-state index contributed by atoms with van der Waals surface area (Å²) in [6.45, 7) is 3.95. The maximum absolute atomic E-state index is 11.9. The number of nitrogens with zero attached hydrogens (tertiary/aromatic N) is 1. The van der Waals surface area contributed by atoms with E-state index in [4.69, 9.17) is 0 Å². The molecule has 4 heteroatoms. The van der Waals surface area contributed by atoms with E-state index >= 15 is 0 Å². The van der Waals surface area contributed by atoms with Crippen LogP contribution in [-0.4, -0.2) is 44.0 Å². The summed E-state index contributed by atoms with van der Waals surface area (Å²) in [7, 11) is 2.03. The molecule has 1 N–H and O–H groups in total. The number of halogens is 2. The van der Waals surface area contributed by atoms with Gasteiger partial charge in [-0.3, -0.25) is 0 Å². The Labute approximate surface area is 78.3 Å². The Hall–Kier alpha value is -0.220. The lowest BCUT2D eigenvalue weighted by atomic mass is 9.96. The van der Waals surface area contributed by atoms with Crippen LogP contribution in [0.15, 0.2) is 0 Å². The summed E-state index contributed by atoms with van der Waals surface area (Å²) >= 11 is 0. The number of alkyl halides is 2. The number of nitrogens with one attached hydrogen (secondary N) is 1. The van der Waals surface area contributed by atoms with Gasteiger partial charge in [-0.15, -0.1) is 0 Å². The first-order valence-electron chi connectivity index (χ1n) is 4.78. The van der Waals surface area contributed by atoms with Crippen molar-refractivity contribution in [3.63, 3.8) is 0 Å². The van der Waals surface area contributed by atoms with Gasteiger partial charge in [-0.1, -0.05) is 6.92 Å². The van der Waals surface area contributed by atoms with E-state index in [9.17, 15) is 8.78 Å². The van der Waals surface area contributed by atoms with E-state index in [1.54, 1.807) is 0 Å². The van der Waals surface area contributed by atoms with Crippen LogP contribution < -0.4 is 5.32 Å². The molecule has 0 radical (unpaired) electrons. The average molecular weight is 192 g/mol. The van der Waals surface area contributed by atoms with Gasteiger partial charge in [0.2, 0.25) is 0 Å². The molecule has 0 amide bonds. The highest BCUT2D eigenvalue weighted by Crippen LogP contribution is 2.14. The third-order valence-corrected chi connectivity index (χ3v) is 2.40. The maximum Gasteiger partial charge on any atom is 0.250 e. The second kappa shape index (κ2) is 4.86. The van der Waals surface area contributed by atoms with Crippen molar-refractivity contribution in [3.05, 3.63) is 0 Å². The second-order valence-electron chi connectivity index (χ2n) is 4.06. The molecule has 78 valence electrons. The van der Waals surface area contributed by atoms with E-state index in [0.29, 0.717) is 5.92 Å². The van der Waals surface area contributed by atoms with Gasteiger partial charge in [0.05, 0.1) is 6.54 Å². The minimum absolute atomic E-state index is 0.175. The van der Waals surface area contributed by atoms with Crippen LogP contribution in [-0.2, 0) is 0 Å². The topological polar surface area (TPSA) is 15.3 Å². The van der Waals surface area contributed by atoms with Gasteiger partial charge < -0.3 is 10.2 Å². The first kappa shape index (κ1) is 10.9. The van der Waals surface area contributed by atoms with Crippen LogP contribution in [0.3, 0.4) is 0 Å². The minimum atomic E-state index is -2.23. The van der Waals surface area contributed by atoms with Crippen molar-refractivity contribution in [2.75, 3.05) is 26.7 Å². The Morgan fingerprint density at radius 3 is 2.69 bits per heavy atom. The van der Waals surface area contributed by atoms with Gasteiger partial charge in [-0.05, 0) is 19.4 Å². The Balaban J connectivity index is 2.25. The largest absolute Gasteiger partial charge is 0.307 e. The van der Waals surface area contributed by atoms with Gasteiger partial charge in [-0.2, -0.15) is 0 Å². The Morgan fingerprint density at radius 1 is 1.46 bits per heavy atom. The van der Waals surface area contributed by atoms with Crippen molar-refractivity contribution in [1.82, 2.24) is 10.2 Å². The number of likely N-dealkylation sites (N-methyl/N-ethyl adjacent to an activating group) is 1. The highest BCUT2D eigenvalue weighted by molar-refractivity contribution is 4.80. The van der Waals surface area contributed by atoms with Gasteiger partial charge in [-0.25, -0.2) is 8.78 Å². The van der Waals surface area contributed by atoms with E-state index < -0.39 is 6.43 Å². The lowest BCUT2D eigenvalue weighted by Crippen LogP contribution is -2.48. The van der Waals surface area contributed by atoms with Crippen LogP contribution in [0.5, 0.6) is 0 Å². The molecule has 1 heterocycles. The molecule has 2 unspecified atom stereocenters. The van der Waals surface area contributed by atoms with Crippen LogP contribution in [0.1, 0.15) is 13.3 Å². The third-order valence-electron chi connectivity index (χ3n) is 2.40. The third kappa shape index (κ3) is 4.00. The van der Waals surface area contributed by atoms with E-state index in [-0.39, 0.29) is 12.6 Å². The molecule has 1 saturated heterocycles. The second-order valence-corrected chi connectivity index (χ2v) is 4.06. The molecule has 0 saturated carbocycles. The van der Waals surface area contributed by atoms with Gasteiger partial charge >= 0.3 is 0 Å². The number of rotatable bonds is 3. The van der Waals surface area contributed by atoms with Crippen LogP contribution in [0.4, 0.5) is 8.78 Å². The van der Waals surface area contributed by atoms with Crippen molar-refractivity contribution < 1.29 is 8.78 Å². The highest BCUT2D eigenvalue weighted by atomic mass is 19.3. The summed E-state index contributed by atoms with van der Waals surface area (Å²) < 4.78 is 23.8. The predicted molar refractivity (Wildman–Crippen MR) is 49.1 cm³/mol. The van der Waals surface area contributed by atoms with Crippen molar-refractivity contribution in [2.24, 2.45) is 5.92 Å². The maximum atomic E-state index is 11.9. The van der Waals surface area contributed by atoms with Crippen LogP contribution >= 0.6 is 0 Å². The summed E-state index contributed by atoms with van der Waals surface area (Å²) in [5.74, 6) is 0.605. The Bertz CT molecular complexity index is 143. The fourth-order valence-electron chi connectivity index (χ4n) is 2.02. The summed E-state index contributed by atoms with van der Waals surface area (Å²) in [6, 6.07) is 0.239. The number of piperidine rings is 1. The van der Waals surface area contributed by atoms with Gasteiger partial charge in [0, 0.05) is 19.1 Å². The standard InChI is InChI=1S/C9H18F2N2/c1-7-3-8(6-13(2)5-7)12-4-9(10)11/h7-9,12H,3-6H2,1-2H3. The molecule has 0 aliphatic carbocycles. The SMILES string of the molecule is CC1CC(NCC(F)F)CN(C)C1. The van der Waals surface area contributed by atoms with Gasteiger partial charge in [0.25, 0.3) is 6.43 Å². The molecule has 1 aliphatic heterocycles. The van der Waals surface area contributed by atoms with Crippen LogP contribution in [0.2, 0.25) is 0 Å². The lowest BCUT2D eigenvalue weighted by molar-refractivity contribution is 0.122. The molecule has 1 aliphatic rings. The van der Waals surface area contributed by atoms with Gasteiger partial charge in [0.1, 0.15) is 0 Å². The van der Waals surface area contributed by atoms with Gasteiger partial charge in [0.15, 0.2) is 0 Å². The molecule has 0 bridgehead atoms. The van der Waals surface area contributed by atoms with E-state index in [1.807, 2.05) is 7.05 Å². The van der Waals surface area contributed by atoms with E-state index in [0.717, 1.165) is 19.5 Å². The summed E-state index contributed by atoms with van der Waals surface area (Å²) in [5.41, 5.74) is 0. The monoisotopic (exact) mass is 192 g/mol. The molecule has 0 aromatic rings. The first-order chi connectivity index (χ1) is 6.08. The smallest absolute Gasteiger partial charge is 0.250 e. The zero-order valence-corrected chi connectivity index (χ0v) is 8.26. The fourth-order valence-corrected chi connectivity index (χ4v) is 2.02. The lowest BCUT2D eigenvalue weighted by Gasteiger charge is -2.34. The van der Waals surface area contributed by atoms with Crippen LogP contribution in [0.25, 0.3) is 0 Å². The fraction of sp³-hybridized carbons (Fsp3) is 1.00. The normalized spacial score (nSPS) is 31.2.